The zero-order chi connectivity index (χ0) is 16.2. The second kappa shape index (κ2) is 6.61. The average molecular weight is 322 g/mol. The number of benzene rings is 1. The van der Waals surface area contributed by atoms with Gasteiger partial charge >= 0.3 is 0 Å². The number of H-pyrrole nitrogens is 1. The number of anilines is 1. The lowest BCUT2D eigenvalue weighted by Crippen LogP contribution is -2.33. The van der Waals surface area contributed by atoms with Crippen molar-refractivity contribution in [3.63, 3.8) is 0 Å². The highest BCUT2D eigenvalue weighted by Crippen LogP contribution is 2.17. The first-order valence-corrected chi connectivity index (χ1v) is 8.34. The Morgan fingerprint density at radius 1 is 1.32 bits per heavy atom. The third-order valence-electron chi connectivity index (χ3n) is 3.13. The van der Waals surface area contributed by atoms with Gasteiger partial charge in [0.25, 0.3) is 15.9 Å². The minimum Gasteiger partial charge on any atom is -0.349 e. The molecule has 1 aromatic carbocycles. The van der Waals surface area contributed by atoms with Crippen LogP contribution in [0.5, 0.6) is 0 Å². The van der Waals surface area contributed by atoms with Gasteiger partial charge in [-0.2, -0.15) is 13.5 Å². The van der Waals surface area contributed by atoms with Crippen LogP contribution in [-0.4, -0.2) is 30.6 Å². The molecule has 1 atom stereocenters. The lowest BCUT2D eigenvalue weighted by Gasteiger charge is -2.12. The Kier molecular flexibility index (Phi) is 4.81. The van der Waals surface area contributed by atoms with E-state index >= 15 is 0 Å². The molecule has 3 N–H and O–H groups in total. The topological polar surface area (TPSA) is 104 Å². The van der Waals surface area contributed by atoms with E-state index in [2.05, 4.69) is 20.2 Å². The van der Waals surface area contributed by atoms with Crippen LogP contribution in [0.3, 0.4) is 0 Å². The van der Waals surface area contributed by atoms with Crippen LogP contribution < -0.4 is 10.0 Å². The lowest BCUT2D eigenvalue weighted by atomic mass is 10.2. The van der Waals surface area contributed by atoms with E-state index in [1.54, 1.807) is 30.3 Å². The van der Waals surface area contributed by atoms with Gasteiger partial charge in [0.1, 0.15) is 0 Å². The average Bonchev–Trinajstić information content (AvgIpc) is 2.98. The Bertz CT molecular complexity index is 740. The van der Waals surface area contributed by atoms with Crippen LogP contribution in [0.15, 0.2) is 41.6 Å². The Balaban J connectivity index is 2.26. The number of sulfonamides is 1. The summed E-state index contributed by atoms with van der Waals surface area (Å²) in [6, 6.07) is 8.38. The summed E-state index contributed by atoms with van der Waals surface area (Å²) in [6.07, 6.45) is 1.95. The fourth-order valence-electron chi connectivity index (χ4n) is 1.76. The minimum absolute atomic E-state index is 0.0104. The third-order valence-corrected chi connectivity index (χ3v) is 4.49. The summed E-state index contributed by atoms with van der Waals surface area (Å²) < 4.78 is 27.2. The van der Waals surface area contributed by atoms with Crippen LogP contribution in [0.2, 0.25) is 0 Å². The molecule has 2 aromatic rings. The highest BCUT2D eigenvalue weighted by molar-refractivity contribution is 7.92. The molecule has 2 rings (SSSR count). The van der Waals surface area contributed by atoms with Gasteiger partial charge in [-0.05, 0) is 25.5 Å². The van der Waals surface area contributed by atoms with Gasteiger partial charge in [-0.3, -0.25) is 14.6 Å². The number of para-hydroxylation sites is 1. The van der Waals surface area contributed by atoms with E-state index in [1.807, 2.05) is 13.8 Å². The molecule has 1 amide bonds. The molecule has 22 heavy (non-hydrogen) atoms. The quantitative estimate of drug-likeness (QED) is 0.753. The van der Waals surface area contributed by atoms with Crippen LogP contribution in [0, 0.1) is 0 Å². The normalized spacial score (nSPS) is 12.6. The van der Waals surface area contributed by atoms with E-state index in [0.29, 0.717) is 5.69 Å². The maximum Gasteiger partial charge on any atom is 0.279 e. The first-order chi connectivity index (χ1) is 10.4. The number of aromatic nitrogens is 2. The van der Waals surface area contributed by atoms with Gasteiger partial charge in [0.05, 0.1) is 11.8 Å². The second-order valence-corrected chi connectivity index (χ2v) is 6.49. The Morgan fingerprint density at radius 3 is 2.64 bits per heavy atom. The first kappa shape index (κ1) is 16.0. The van der Waals surface area contributed by atoms with E-state index in [4.69, 9.17) is 0 Å². The molecule has 7 nitrogen and oxygen atoms in total. The van der Waals surface area contributed by atoms with Crippen molar-refractivity contribution < 1.29 is 13.2 Å². The monoisotopic (exact) mass is 322 g/mol. The van der Waals surface area contributed by atoms with Crippen molar-refractivity contribution in [2.75, 3.05) is 4.72 Å². The van der Waals surface area contributed by atoms with E-state index in [0.717, 1.165) is 6.42 Å². The number of aromatic amines is 1. The molecule has 0 saturated heterocycles. The van der Waals surface area contributed by atoms with Gasteiger partial charge in [-0.15, -0.1) is 0 Å². The first-order valence-electron chi connectivity index (χ1n) is 6.86. The van der Waals surface area contributed by atoms with Crippen molar-refractivity contribution in [3.8, 4) is 0 Å². The summed E-state index contributed by atoms with van der Waals surface area (Å²) in [4.78, 5) is 12.1. The van der Waals surface area contributed by atoms with E-state index < -0.39 is 15.9 Å². The largest absolute Gasteiger partial charge is 0.349 e. The standard InChI is InChI=1S/C14H18N4O3S/c1-3-10(2)16-13(19)12-9-15-17-14(12)22(20,21)18-11-7-5-4-6-8-11/h4-10,18H,3H2,1-2H3,(H,15,17)(H,16,19). The molecule has 0 bridgehead atoms. The highest BCUT2D eigenvalue weighted by atomic mass is 32.2. The van der Waals surface area contributed by atoms with Gasteiger partial charge in [0.2, 0.25) is 0 Å². The van der Waals surface area contributed by atoms with Crippen LogP contribution in [0.1, 0.15) is 30.6 Å². The van der Waals surface area contributed by atoms with Crippen LogP contribution in [-0.2, 0) is 10.0 Å². The number of hydrogen-bond donors (Lipinski definition) is 3. The van der Waals surface area contributed by atoms with Gasteiger partial charge in [-0.25, -0.2) is 0 Å². The number of nitrogens with zero attached hydrogens (tertiary/aromatic N) is 1. The van der Waals surface area contributed by atoms with E-state index in [1.165, 1.54) is 6.20 Å². The van der Waals surface area contributed by atoms with Gasteiger partial charge in [0.15, 0.2) is 5.03 Å². The number of carbonyl (C=O) groups is 1. The van der Waals surface area contributed by atoms with Gasteiger partial charge in [0, 0.05) is 11.7 Å². The van der Waals surface area contributed by atoms with Crippen LogP contribution in [0.4, 0.5) is 5.69 Å². The molecule has 1 heterocycles. The molecular weight excluding hydrogens is 304 g/mol. The number of amides is 1. The van der Waals surface area contributed by atoms with Crippen molar-refractivity contribution in [2.24, 2.45) is 0 Å². The zero-order valence-corrected chi connectivity index (χ0v) is 13.1. The molecule has 0 aliphatic rings. The molecular formula is C14H18N4O3S. The molecule has 118 valence electrons. The SMILES string of the molecule is CCC(C)NC(=O)c1cn[nH]c1S(=O)(=O)Nc1ccccc1. The summed E-state index contributed by atoms with van der Waals surface area (Å²) in [6.45, 7) is 3.77. The highest BCUT2D eigenvalue weighted by Gasteiger charge is 2.25. The molecule has 8 heteroatoms. The number of hydrogen-bond acceptors (Lipinski definition) is 4. The molecule has 0 aliphatic heterocycles. The number of nitrogens with one attached hydrogen (secondary N) is 3. The summed E-state index contributed by atoms with van der Waals surface area (Å²) in [5.41, 5.74) is 0.397. The number of rotatable bonds is 6. The van der Waals surface area contributed by atoms with Gasteiger partial charge in [-0.1, -0.05) is 25.1 Å². The van der Waals surface area contributed by atoms with Crippen LogP contribution in [0.25, 0.3) is 0 Å². The second-order valence-electron chi connectivity index (χ2n) is 4.87. The molecule has 1 unspecified atom stereocenters. The zero-order valence-electron chi connectivity index (χ0n) is 12.3. The molecule has 1 aromatic heterocycles. The fourth-order valence-corrected chi connectivity index (χ4v) is 2.91. The maximum absolute atomic E-state index is 12.4. The van der Waals surface area contributed by atoms with Crippen molar-refractivity contribution in [2.45, 2.75) is 31.3 Å². The van der Waals surface area contributed by atoms with E-state index in [9.17, 15) is 13.2 Å². The number of carbonyl (C=O) groups excluding carboxylic acids is 1. The maximum atomic E-state index is 12.4. The molecule has 0 fully saturated rings. The lowest BCUT2D eigenvalue weighted by molar-refractivity contribution is 0.0936. The van der Waals surface area contributed by atoms with Crippen molar-refractivity contribution in [3.05, 3.63) is 42.1 Å². The summed E-state index contributed by atoms with van der Waals surface area (Å²) in [5, 5.41) is 8.52. The molecule has 0 saturated carbocycles. The predicted molar refractivity (Wildman–Crippen MR) is 83.1 cm³/mol. The predicted octanol–water partition coefficient (Wildman–Crippen LogP) is 1.74. The Labute approximate surface area is 129 Å². The van der Waals surface area contributed by atoms with Crippen LogP contribution >= 0.6 is 0 Å². The third kappa shape index (κ3) is 3.64. The minimum atomic E-state index is -3.92. The van der Waals surface area contributed by atoms with Gasteiger partial charge < -0.3 is 5.32 Å². The summed E-state index contributed by atoms with van der Waals surface area (Å²) in [7, 11) is -3.92. The Hall–Kier alpha value is -2.35. The summed E-state index contributed by atoms with van der Waals surface area (Å²) >= 11 is 0. The fraction of sp³-hybridized carbons (Fsp3) is 0.286. The molecule has 0 aliphatic carbocycles. The Morgan fingerprint density at radius 2 is 2.00 bits per heavy atom. The van der Waals surface area contributed by atoms with Crippen molar-refractivity contribution in [1.29, 1.82) is 0 Å². The van der Waals surface area contributed by atoms with Crippen molar-refractivity contribution >= 4 is 21.6 Å². The smallest absolute Gasteiger partial charge is 0.279 e. The summed E-state index contributed by atoms with van der Waals surface area (Å²) in [5.74, 6) is -0.475. The van der Waals surface area contributed by atoms with E-state index in [-0.39, 0.29) is 16.6 Å². The molecule has 0 spiro atoms. The molecule has 0 radical (unpaired) electrons. The van der Waals surface area contributed by atoms with Crippen molar-refractivity contribution in [1.82, 2.24) is 15.5 Å².